The molecule has 6 heteroatoms. The molecule has 0 saturated heterocycles. The summed E-state index contributed by atoms with van der Waals surface area (Å²) in [6.45, 7) is 2.45. The molecule has 2 N–H and O–H groups in total. The Labute approximate surface area is 107 Å². The van der Waals surface area contributed by atoms with Gasteiger partial charge in [0.25, 0.3) is 0 Å². The van der Waals surface area contributed by atoms with Crippen LogP contribution in [-0.4, -0.2) is 38.0 Å². The van der Waals surface area contributed by atoms with Crippen molar-refractivity contribution < 1.29 is 19.1 Å². The van der Waals surface area contributed by atoms with Gasteiger partial charge in [0.1, 0.15) is 0 Å². The predicted molar refractivity (Wildman–Crippen MR) is 66.8 cm³/mol. The minimum atomic E-state index is -0.328. The molecule has 0 aliphatic rings. The van der Waals surface area contributed by atoms with Crippen LogP contribution >= 0.6 is 0 Å². The smallest absolute Gasteiger partial charge is 0.307 e. The third kappa shape index (κ3) is 10.9. The van der Waals surface area contributed by atoms with Gasteiger partial charge in [0.2, 0.25) is 11.8 Å². The Morgan fingerprint density at radius 2 is 1.67 bits per heavy atom. The topological polar surface area (TPSA) is 84.5 Å². The SMILES string of the molecule is COC(=O)CCNC(=O)CCCCCNC(C)=O. The molecular weight excluding hydrogens is 236 g/mol. The molecule has 0 aromatic heterocycles. The number of nitrogens with one attached hydrogen (secondary N) is 2. The van der Waals surface area contributed by atoms with Gasteiger partial charge in [0, 0.05) is 26.4 Å². The van der Waals surface area contributed by atoms with Crippen molar-refractivity contribution in [3.8, 4) is 0 Å². The van der Waals surface area contributed by atoms with E-state index in [1.165, 1.54) is 14.0 Å². The zero-order chi connectivity index (χ0) is 13.8. The number of carbonyl (C=O) groups excluding carboxylic acids is 3. The summed E-state index contributed by atoms with van der Waals surface area (Å²) < 4.78 is 4.45. The molecular formula is C12H22N2O4. The van der Waals surface area contributed by atoms with Gasteiger partial charge in [-0.2, -0.15) is 0 Å². The average molecular weight is 258 g/mol. The van der Waals surface area contributed by atoms with Crippen molar-refractivity contribution in [2.45, 2.75) is 39.0 Å². The van der Waals surface area contributed by atoms with Crippen LogP contribution in [-0.2, 0) is 19.1 Å². The van der Waals surface area contributed by atoms with Crippen LogP contribution in [0.4, 0.5) is 0 Å². The third-order valence-electron chi connectivity index (χ3n) is 2.33. The van der Waals surface area contributed by atoms with Crippen molar-refractivity contribution >= 4 is 17.8 Å². The van der Waals surface area contributed by atoms with Crippen LogP contribution in [0.1, 0.15) is 39.0 Å². The second-order valence-electron chi connectivity index (χ2n) is 3.97. The summed E-state index contributed by atoms with van der Waals surface area (Å²) >= 11 is 0. The summed E-state index contributed by atoms with van der Waals surface area (Å²) in [5.74, 6) is -0.417. The second kappa shape index (κ2) is 10.6. The van der Waals surface area contributed by atoms with Gasteiger partial charge in [-0.25, -0.2) is 0 Å². The first-order chi connectivity index (χ1) is 8.56. The van der Waals surface area contributed by atoms with E-state index < -0.39 is 0 Å². The van der Waals surface area contributed by atoms with E-state index in [0.717, 1.165) is 19.3 Å². The molecule has 0 spiro atoms. The highest BCUT2D eigenvalue weighted by molar-refractivity contribution is 5.77. The van der Waals surface area contributed by atoms with E-state index in [2.05, 4.69) is 15.4 Å². The molecule has 0 unspecified atom stereocenters. The standard InChI is InChI=1S/C12H22N2O4/c1-10(15)13-8-5-3-4-6-11(16)14-9-7-12(17)18-2/h3-9H2,1-2H3,(H,13,15)(H,14,16). The highest BCUT2D eigenvalue weighted by atomic mass is 16.5. The molecule has 2 amide bonds. The minimum absolute atomic E-state index is 0.0319. The van der Waals surface area contributed by atoms with Crippen LogP contribution in [0.3, 0.4) is 0 Å². The number of methoxy groups -OCH3 is 1. The third-order valence-corrected chi connectivity index (χ3v) is 2.33. The van der Waals surface area contributed by atoms with Crippen LogP contribution in [0.2, 0.25) is 0 Å². The first-order valence-electron chi connectivity index (χ1n) is 6.14. The lowest BCUT2D eigenvalue weighted by atomic mass is 10.2. The zero-order valence-corrected chi connectivity index (χ0v) is 11.1. The Morgan fingerprint density at radius 1 is 0.944 bits per heavy atom. The summed E-state index contributed by atoms with van der Waals surface area (Å²) in [6.07, 6.45) is 3.19. The first-order valence-corrected chi connectivity index (χ1v) is 6.14. The van der Waals surface area contributed by atoms with Crippen LogP contribution in [0, 0.1) is 0 Å². The minimum Gasteiger partial charge on any atom is -0.469 e. The number of amides is 2. The highest BCUT2D eigenvalue weighted by Gasteiger charge is 2.03. The number of ether oxygens (including phenoxy) is 1. The Kier molecular flexibility index (Phi) is 9.62. The molecule has 0 radical (unpaired) electrons. The van der Waals surface area contributed by atoms with Gasteiger partial charge in [0.05, 0.1) is 13.5 Å². The lowest BCUT2D eigenvalue weighted by Crippen LogP contribution is -2.26. The monoisotopic (exact) mass is 258 g/mol. The molecule has 0 aliphatic heterocycles. The molecule has 0 saturated carbocycles. The van der Waals surface area contributed by atoms with E-state index >= 15 is 0 Å². The summed E-state index contributed by atoms with van der Waals surface area (Å²) in [4.78, 5) is 32.7. The van der Waals surface area contributed by atoms with Crippen LogP contribution < -0.4 is 10.6 Å². The van der Waals surface area contributed by atoms with E-state index in [1.54, 1.807) is 0 Å². The molecule has 104 valence electrons. The molecule has 0 fully saturated rings. The molecule has 0 rings (SSSR count). The summed E-state index contributed by atoms with van der Waals surface area (Å²) in [5, 5.41) is 5.34. The number of esters is 1. The van der Waals surface area contributed by atoms with Gasteiger partial charge in [-0.05, 0) is 12.8 Å². The fourth-order valence-electron chi connectivity index (χ4n) is 1.35. The molecule has 18 heavy (non-hydrogen) atoms. The maximum atomic E-state index is 11.3. The van der Waals surface area contributed by atoms with Gasteiger partial charge in [-0.15, -0.1) is 0 Å². The van der Waals surface area contributed by atoms with E-state index in [4.69, 9.17) is 0 Å². The fourth-order valence-corrected chi connectivity index (χ4v) is 1.35. The van der Waals surface area contributed by atoms with Gasteiger partial charge in [0.15, 0.2) is 0 Å². The van der Waals surface area contributed by atoms with Gasteiger partial charge in [-0.3, -0.25) is 14.4 Å². The fraction of sp³-hybridized carbons (Fsp3) is 0.750. The number of carbonyl (C=O) groups is 3. The maximum Gasteiger partial charge on any atom is 0.307 e. The largest absolute Gasteiger partial charge is 0.469 e. The molecule has 0 bridgehead atoms. The molecule has 0 heterocycles. The normalized spacial score (nSPS) is 9.67. The van der Waals surface area contributed by atoms with Gasteiger partial charge in [-0.1, -0.05) is 6.42 Å². The summed E-state index contributed by atoms with van der Waals surface area (Å²) in [6, 6.07) is 0. The molecule has 0 aromatic rings. The van der Waals surface area contributed by atoms with E-state index in [0.29, 0.717) is 19.5 Å². The number of unbranched alkanes of at least 4 members (excludes halogenated alkanes) is 2. The van der Waals surface area contributed by atoms with E-state index in [9.17, 15) is 14.4 Å². The Balaban J connectivity index is 3.32. The zero-order valence-electron chi connectivity index (χ0n) is 11.1. The number of hydrogen-bond donors (Lipinski definition) is 2. The predicted octanol–water partition coefficient (Wildman–Crippen LogP) is 0.362. The Hall–Kier alpha value is -1.59. The van der Waals surface area contributed by atoms with Crippen molar-refractivity contribution in [1.82, 2.24) is 10.6 Å². The summed E-state index contributed by atoms with van der Waals surface area (Å²) in [7, 11) is 1.32. The molecule has 0 atom stereocenters. The van der Waals surface area contributed by atoms with Gasteiger partial charge >= 0.3 is 5.97 Å². The highest BCUT2D eigenvalue weighted by Crippen LogP contribution is 1.98. The van der Waals surface area contributed by atoms with Crippen molar-refractivity contribution in [3.63, 3.8) is 0 Å². The second-order valence-corrected chi connectivity index (χ2v) is 3.97. The quantitative estimate of drug-likeness (QED) is 0.462. The average Bonchev–Trinajstić information content (AvgIpc) is 2.33. The Morgan fingerprint density at radius 3 is 2.28 bits per heavy atom. The number of hydrogen-bond acceptors (Lipinski definition) is 4. The number of rotatable bonds is 9. The molecule has 0 aliphatic carbocycles. The van der Waals surface area contributed by atoms with Crippen LogP contribution in [0.15, 0.2) is 0 Å². The van der Waals surface area contributed by atoms with E-state index in [-0.39, 0.29) is 24.2 Å². The van der Waals surface area contributed by atoms with E-state index in [1.807, 2.05) is 0 Å². The molecule has 6 nitrogen and oxygen atoms in total. The van der Waals surface area contributed by atoms with Crippen molar-refractivity contribution in [2.75, 3.05) is 20.2 Å². The van der Waals surface area contributed by atoms with Crippen LogP contribution in [0.5, 0.6) is 0 Å². The maximum absolute atomic E-state index is 11.3. The summed E-state index contributed by atoms with van der Waals surface area (Å²) in [5.41, 5.74) is 0. The lowest BCUT2D eigenvalue weighted by Gasteiger charge is -2.04. The van der Waals surface area contributed by atoms with Crippen molar-refractivity contribution in [3.05, 3.63) is 0 Å². The first kappa shape index (κ1) is 16.4. The van der Waals surface area contributed by atoms with Crippen molar-refractivity contribution in [2.24, 2.45) is 0 Å². The Bertz CT molecular complexity index is 279. The van der Waals surface area contributed by atoms with Crippen molar-refractivity contribution in [1.29, 1.82) is 0 Å². The van der Waals surface area contributed by atoms with Gasteiger partial charge < -0.3 is 15.4 Å². The molecule has 0 aromatic carbocycles. The van der Waals surface area contributed by atoms with Crippen LogP contribution in [0.25, 0.3) is 0 Å². The lowest BCUT2D eigenvalue weighted by molar-refractivity contribution is -0.140.